The molecule has 3 aromatic carbocycles. The van der Waals surface area contributed by atoms with Crippen LogP contribution < -0.4 is 11.1 Å². The molecule has 3 aromatic rings. The molecular weight excluding hydrogens is 428 g/mol. The summed E-state index contributed by atoms with van der Waals surface area (Å²) in [7, 11) is 0. The molecule has 8 heteroatoms. The Hall–Kier alpha value is -4.07. The largest absolute Gasteiger partial charge is 0.368 e. The van der Waals surface area contributed by atoms with Crippen molar-refractivity contribution in [2.45, 2.75) is 25.9 Å². The Morgan fingerprint density at radius 2 is 1.45 bits per heavy atom. The molecule has 0 aliphatic rings. The zero-order chi connectivity index (χ0) is 24.1. The summed E-state index contributed by atoms with van der Waals surface area (Å²) in [6, 6.07) is 15.4. The summed E-state index contributed by atoms with van der Waals surface area (Å²) >= 11 is 0. The molecule has 3 N–H and O–H groups in total. The molecule has 0 bridgehead atoms. The molecular formula is C25H23F2N3O3. The van der Waals surface area contributed by atoms with Gasteiger partial charge in [0.2, 0.25) is 11.8 Å². The monoisotopic (exact) mass is 451 g/mol. The summed E-state index contributed by atoms with van der Waals surface area (Å²) in [6.07, 6.45) is 0. The molecule has 0 aromatic heterocycles. The van der Waals surface area contributed by atoms with Crippen molar-refractivity contribution < 1.29 is 23.2 Å². The van der Waals surface area contributed by atoms with E-state index in [2.05, 4.69) is 5.32 Å². The smallest absolute Gasteiger partial charge is 0.257 e. The topological polar surface area (TPSA) is 92.5 Å². The number of amides is 3. The van der Waals surface area contributed by atoms with E-state index in [-0.39, 0.29) is 16.8 Å². The Morgan fingerprint density at radius 1 is 0.879 bits per heavy atom. The van der Waals surface area contributed by atoms with Gasteiger partial charge in [0.25, 0.3) is 5.91 Å². The minimum absolute atomic E-state index is 0.0959. The first-order chi connectivity index (χ1) is 15.7. The van der Waals surface area contributed by atoms with Gasteiger partial charge in [0.15, 0.2) is 0 Å². The zero-order valence-electron chi connectivity index (χ0n) is 18.1. The number of primary amides is 1. The molecule has 0 saturated carbocycles. The van der Waals surface area contributed by atoms with Gasteiger partial charge < -0.3 is 16.0 Å². The van der Waals surface area contributed by atoms with Crippen LogP contribution in [-0.4, -0.2) is 22.6 Å². The highest BCUT2D eigenvalue weighted by Gasteiger charge is 2.36. The second kappa shape index (κ2) is 10.0. The quantitative estimate of drug-likeness (QED) is 0.559. The third kappa shape index (κ3) is 5.41. The third-order valence-corrected chi connectivity index (χ3v) is 5.15. The van der Waals surface area contributed by atoms with E-state index in [1.165, 1.54) is 17.9 Å². The van der Waals surface area contributed by atoms with Gasteiger partial charge in [0.05, 0.1) is 17.3 Å². The highest BCUT2D eigenvalue weighted by molar-refractivity contribution is 6.05. The predicted octanol–water partition coefficient (Wildman–Crippen LogP) is 4.35. The fraction of sp³-hybridized carbons (Fsp3) is 0.160. The van der Waals surface area contributed by atoms with Crippen molar-refractivity contribution in [3.63, 3.8) is 0 Å². The van der Waals surface area contributed by atoms with E-state index in [4.69, 9.17) is 5.73 Å². The number of rotatable bonds is 7. The molecule has 0 saturated heterocycles. The molecule has 3 rings (SSSR count). The number of hydrogen-bond acceptors (Lipinski definition) is 3. The van der Waals surface area contributed by atoms with Gasteiger partial charge in [0.1, 0.15) is 17.7 Å². The summed E-state index contributed by atoms with van der Waals surface area (Å²) < 4.78 is 28.0. The van der Waals surface area contributed by atoms with Gasteiger partial charge in [-0.3, -0.25) is 14.4 Å². The van der Waals surface area contributed by atoms with E-state index in [1.807, 2.05) is 0 Å². The number of benzene rings is 3. The van der Waals surface area contributed by atoms with E-state index < -0.39 is 41.4 Å². The van der Waals surface area contributed by atoms with Gasteiger partial charge in [0, 0.05) is 13.0 Å². The molecule has 0 radical (unpaired) electrons. The standard InChI is InChI=1S/C25H23F2N3O3/c1-15(18-12-19(26)14-20(27)13-18)30(23(24(28)32)17-8-4-3-5-9-17)25(33)21-10-6-7-11-22(21)29-16(2)31/h3-15,23H,1-2H3,(H2,28,32)(H,29,31)/t15-,23-/m1/s1. The van der Waals surface area contributed by atoms with E-state index in [9.17, 15) is 23.2 Å². The van der Waals surface area contributed by atoms with Crippen molar-refractivity contribution in [1.29, 1.82) is 0 Å². The minimum atomic E-state index is -1.24. The lowest BCUT2D eigenvalue weighted by molar-refractivity contribution is -0.123. The van der Waals surface area contributed by atoms with Crippen molar-refractivity contribution in [3.05, 3.63) is 101 Å². The molecule has 0 aliphatic heterocycles. The summed E-state index contributed by atoms with van der Waals surface area (Å²) in [5.74, 6) is -3.51. The number of nitrogens with two attached hydrogens (primary N) is 1. The maximum Gasteiger partial charge on any atom is 0.257 e. The number of nitrogens with zero attached hydrogens (tertiary/aromatic N) is 1. The Labute approximate surface area is 190 Å². The van der Waals surface area contributed by atoms with Crippen LogP contribution in [0, 0.1) is 11.6 Å². The van der Waals surface area contributed by atoms with Crippen LogP contribution >= 0.6 is 0 Å². The molecule has 0 spiro atoms. The fourth-order valence-corrected chi connectivity index (χ4v) is 3.70. The molecule has 170 valence electrons. The number of hydrogen-bond donors (Lipinski definition) is 2. The molecule has 0 heterocycles. The maximum absolute atomic E-state index is 14.0. The average molecular weight is 451 g/mol. The van der Waals surface area contributed by atoms with Crippen LogP contribution in [0.15, 0.2) is 72.8 Å². The molecule has 0 aliphatic carbocycles. The minimum Gasteiger partial charge on any atom is -0.368 e. The highest BCUT2D eigenvalue weighted by atomic mass is 19.1. The number of carbonyl (C=O) groups is 3. The van der Waals surface area contributed by atoms with E-state index in [0.717, 1.165) is 18.2 Å². The van der Waals surface area contributed by atoms with Crippen LogP contribution in [0.1, 0.15) is 47.4 Å². The van der Waals surface area contributed by atoms with Crippen LogP contribution in [0.3, 0.4) is 0 Å². The van der Waals surface area contributed by atoms with Gasteiger partial charge in [-0.2, -0.15) is 0 Å². The summed E-state index contributed by atoms with van der Waals surface area (Å²) in [5.41, 5.74) is 6.62. The summed E-state index contributed by atoms with van der Waals surface area (Å²) in [6.45, 7) is 2.85. The lowest BCUT2D eigenvalue weighted by Gasteiger charge is -2.36. The molecule has 3 amide bonds. The second-order valence-electron chi connectivity index (χ2n) is 7.53. The van der Waals surface area contributed by atoms with Crippen LogP contribution in [0.4, 0.5) is 14.5 Å². The zero-order valence-corrected chi connectivity index (χ0v) is 18.1. The predicted molar refractivity (Wildman–Crippen MR) is 120 cm³/mol. The van der Waals surface area contributed by atoms with Crippen molar-refractivity contribution in [2.75, 3.05) is 5.32 Å². The Balaban J connectivity index is 2.20. The van der Waals surface area contributed by atoms with Crippen molar-refractivity contribution >= 4 is 23.4 Å². The summed E-state index contributed by atoms with van der Waals surface area (Å²) in [5, 5.41) is 2.59. The van der Waals surface area contributed by atoms with Crippen LogP contribution in [0.5, 0.6) is 0 Å². The van der Waals surface area contributed by atoms with Crippen molar-refractivity contribution in [1.82, 2.24) is 4.90 Å². The normalized spacial score (nSPS) is 12.5. The number of nitrogens with one attached hydrogen (secondary N) is 1. The lowest BCUT2D eigenvalue weighted by atomic mass is 9.97. The first-order valence-electron chi connectivity index (χ1n) is 10.2. The molecule has 0 unspecified atom stereocenters. The van der Waals surface area contributed by atoms with Crippen molar-refractivity contribution in [2.24, 2.45) is 5.73 Å². The maximum atomic E-state index is 14.0. The number of halogens is 2. The second-order valence-corrected chi connectivity index (χ2v) is 7.53. The van der Waals surface area contributed by atoms with E-state index in [1.54, 1.807) is 55.5 Å². The number of anilines is 1. The first-order valence-corrected chi connectivity index (χ1v) is 10.2. The molecule has 0 fully saturated rings. The highest BCUT2D eigenvalue weighted by Crippen LogP contribution is 2.34. The van der Waals surface area contributed by atoms with Gasteiger partial charge >= 0.3 is 0 Å². The lowest BCUT2D eigenvalue weighted by Crippen LogP contribution is -2.43. The Bertz CT molecular complexity index is 1160. The SMILES string of the molecule is CC(=O)Nc1ccccc1C(=O)N([C@H](C)c1cc(F)cc(F)c1)[C@@H](C(N)=O)c1ccccc1. The molecule has 6 nitrogen and oxygen atoms in total. The Morgan fingerprint density at radius 3 is 2.03 bits per heavy atom. The van der Waals surface area contributed by atoms with E-state index >= 15 is 0 Å². The van der Waals surface area contributed by atoms with Gasteiger partial charge in [-0.25, -0.2) is 8.78 Å². The fourth-order valence-electron chi connectivity index (χ4n) is 3.70. The molecule has 2 atom stereocenters. The van der Waals surface area contributed by atoms with Gasteiger partial charge in [-0.05, 0) is 42.3 Å². The number of para-hydroxylation sites is 1. The molecule has 33 heavy (non-hydrogen) atoms. The summed E-state index contributed by atoms with van der Waals surface area (Å²) in [4.78, 5) is 39.3. The van der Waals surface area contributed by atoms with E-state index in [0.29, 0.717) is 5.56 Å². The van der Waals surface area contributed by atoms with Crippen LogP contribution in [-0.2, 0) is 9.59 Å². The van der Waals surface area contributed by atoms with Gasteiger partial charge in [-0.15, -0.1) is 0 Å². The van der Waals surface area contributed by atoms with Crippen molar-refractivity contribution in [3.8, 4) is 0 Å². The third-order valence-electron chi connectivity index (χ3n) is 5.15. The van der Waals surface area contributed by atoms with Crippen LogP contribution in [0.2, 0.25) is 0 Å². The Kier molecular flexibility index (Phi) is 7.17. The number of carbonyl (C=O) groups excluding carboxylic acids is 3. The first kappa shape index (κ1) is 23.6. The van der Waals surface area contributed by atoms with Crippen LogP contribution in [0.25, 0.3) is 0 Å². The average Bonchev–Trinajstić information content (AvgIpc) is 2.76. The van der Waals surface area contributed by atoms with Gasteiger partial charge in [-0.1, -0.05) is 42.5 Å².